The number of ether oxygens (including phenoxy) is 1. The van der Waals surface area contributed by atoms with Crippen LogP contribution in [-0.4, -0.2) is 13.2 Å². The fourth-order valence-corrected chi connectivity index (χ4v) is 2.93. The number of halogens is 1. The Morgan fingerprint density at radius 3 is 2.94 bits per heavy atom. The normalized spacial score (nSPS) is 24.6. The second-order valence-corrected chi connectivity index (χ2v) is 5.39. The third-order valence-electron chi connectivity index (χ3n) is 3.57. The quantitative estimate of drug-likeness (QED) is 0.896. The summed E-state index contributed by atoms with van der Waals surface area (Å²) in [7, 11) is 1.71. The van der Waals surface area contributed by atoms with Gasteiger partial charge in [-0.2, -0.15) is 0 Å². The second kappa shape index (κ2) is 5.74. The minimum atomic E-state index is 0.374. The first-order valence-electron chi connectivity index (χ1n) is 6.27. The lowest BCUT2D eigenvalue weighted by Gasteiger charge is -2.27. The Kier molecular flexibility index (Phi) is 4.30. The zero-order chi connectivity index (χ0) is 12.3. The molecule has 1 aliphatic carbocycles. The summed E-state index contributed by atoms with van der Waals surface area (Å²) in [5.74, 6) is 1.61. The van der Waals surface area contributed by atoms with Gasteiger partial charge in [-0.1, -0.05) is 24.4 Å². The van der Waals surface area contributed by atoms with E-state index in [1.54, 1.807) is 7.11 Å². The number of hydrogen-bond acceptors (Lipinski definition) is 2. The monoisotopic (exact) mass is 253 g/mol. The fraction of sp³-hybridized carbons (Fsp3) is 0.571. The van der Waals surface area contributed by atoms with Gasteiger partial charge in [0.15, 0.2) is 0 Å². The van der Waals surface area contributed by atoms with Crippen LogP contribution in [-0.2, 0) is 6.42 Å². The predicted octanol–water partition coefficient (Wildman–Crippen LogP) is 3.41. The lowest BCUT2D eigenvalue weighted by molar-refractivity contribution is 0.316. The van der Waals surface area contributed by atoms with Crippen molar-refractivity contribution in [3.63, 3.8) is 0 Å². The third kappa shape index (κ3) is 3.36. The molecule has 17 heavy (non-hydrogen) atoms. The molecule has 0 saturated heterocycles. The van der Waals surface area contributed by atoms with E-state index in [1.165, 1.54) is 24.8 Å². The molecule has 1 aromatic carbocycles. The van der Waals surface area contributed by atoms with Gasteiger partial charge in [0.2, 0.25) is 0 Å². The zero-order valence-corrected chi connectivity index (χ0v) is 11.0. The molecule has 1 fully saturated rings. The van der Waals surface area contributed by atoms with E-state index in [4.69, 9.17) is 22.1 Å². The topological polar surface area (TPSA) is 35.2 Å². The standard InChI is InChI=1S/C14H20ClNO/c1-17-14-6-5-12(15)9-11(14)7-10-3-2-4-13(16)8-10/h5-6,9-10,13H,2-4,7-8,16H2,1H3. The van der Waals surface area contributed by atoms with Crippen LogP contribution in [0.1, 0.15) is 31.2 Å². The van der Waals surface area contributed by atoms with Gasteiger partial charge in [-0.15, -0.1) is 0 Å². The van der Waals surface area contributed by atoms with Gasteiger partial charge >= 0.3 is 0 Å². The van der Waals surface area contributed by atoms with E-state index in [0.29, 0.717) is 12.0 Å². The van der Waals surface area contributed by atoms with Crippen molar-refractivity contribution in [2.75, 3.05) is 7.11 Å². The van der Waals surface area contributed by atoms with Crippen LogP contribution in [0.2, 0.25) is 5.02 Å². The molecule has 0 spiro atoms. The van der Waals surface area contributed by atoms with Crippen molar-refractivity contribution in [2.24, 2.45) is 11.7 Å². The number of hydrogen-bond donors (Lipinski definition) is 1. The van der Waals surface area contributed by atoms with Gasteiger partial charge in [-0.05, 0) is 48.9 Å². The maximum atomic E-state index is 6.04. The summed E-state index contributed by atoms with van der Waals surface area (Å²) < 4.78 is 5.38. The van der Waals surface area contributed by atoms with Crippen LogP contribution in [0.25, 0.3) is 0 Å². The van der Waals surface area contributed by atoms with Crippen molar-refractivity contribution >= 4 is 11.6 Å². The average Bonchev–Trinajstić information content (AvgIpc) is 2.29. The van der Waals surface area contributed by atoms with Crippen molar-refractivity contribution in [3.8, 4) is 5.75 Å². The molecule has 1 aromatic rings. The number of rotatable bonds is 3. The zero-order valence-electron chi connectivity index (χ0n) is 10.3. The van der Waals surface area contributed by atoms with Crippen molar-refractivity contribution < 1.29 is 4.74 Å². The molecule has 1 saturated carbocycles. The number of benzene rings is 1. The fourth-order valence-electron chi connectivity index (χ4n) is 2.74. The van der Waals surface area contributed by atoms with E-state index in [2.05, 4.69) is 0 Å². The van der Waals surface area contributed by atoms with E-state index in [-0.39, 0.29) is 0 Å². The molecular weight excluding hydrogens is 234 g/mol. The second-order valence-electron chi connectivity index (χ2n) is 4.95. The van der Waals surface area contributed by atoms with E-state index >= 15 is 0 Å². The first kappa shape index (κ1) is 12.7. The van der Waals surface area contributed by atoms with E-state index < -0.39 is 0 Å². The molecule has 1 aliphatic rings. The van der Waals surface area contributed by atoms with Crippen LogP contribution in [0.4, 0.5) is 0 Å². The Morgan fingerprint density at radius 1 is 1.41 bits per heavy atom. The Morgan fingerprint density at radius 2 is 2.24 bits per heavy atom. The highest BCUT2D eigenvalue weighted by molar-refractivity contribution is 6.30. The Hall–Kier alpha value is -0.730. The average molecular weight is 254 g/mol. The number of methoxy groups -OCH3 is 1. The molecule has 2 N–H and O–H groups in total. The largest absolute Gasteiger partial charge is 0.496 e. The molecule has 2 atom stereocenters. The predicted molar refractivity (Wildman–Crippen MR) is 71.6 cm³/mol. The highest BCUT2D eigenvalue weighted by Crippen LogP contribution is 2.31. The molecule has 0 bridgehead atoms. The van der Waals surface area contributed by atoms with Gasteiger partial charge < -0.3 is 10.5 Å². The SMILES string of the molecule is COc1ccc(Cl)cc1CC1CCCC(N)C1. The lowest BCUT2D eigenvalue weighted by Crippen LogP contribution is -2.28. The van der Waals surface area contributed by atoms with Crippen molar-refractivity contribution in [1.29, 1.82) is 0 Å². The van der Waals surface area contributed by atoms with Crippen LogP contribution < -0.4 is 10.5 Å². The van der Waals surface area contributed by atoms with Crippen LogP contribution in [0.5, 0.6) is 5.75 Å². The molecule has 2 rings (SSSR count). The summed E-state index contributed by atoms with van der Waals surface area (Å²) in [6.45, 7) is 0. The Balaban J connectivity index is 2.08. The van der Waals surface area contributed by atoms with Crippen LogP contribution >= 0.6 is 11.6 Å². The molecule has 0 aromatic heterocycles. The molecule has 3 heteroatoms. The maximum absolute atomic E-state index is 6.04. The molecule has 0 heterocycles. The van der Waals surface area contributed by atoms with Crippen molar-refractivity contribution in [1.82, 2.24) is 0 Å². The van der Waals surface area contributed by atoms with Gasteiger partial charge in [0.1, 0.15) is 5.75 Å². The van der Waals surface area contributed by atoms with E-state index in [9.17, 15) is 0 Å². The first-order valence-corrected chi connectivity index (χ1v) is 6.65. The van der Waals surface area contributed by atoms with Crippen LogP contribution in [0.15, 0.2) is 18.2 Å². The van der Waals surface area contributed by atoms with E-state index in [1.807, 2.05) is 18.2 Å². The molecule has 2 nitrogen and oxygen atoms in total. The minimum absolute atomic E-state index is 0.374. The molecule has 94 valence electrons. The molecular formula is C14H20ClNO. The Bertz CT molecular complexity index is 380. The van der Waals surface area contributed by atoms with Gasteiger partial charge in [0.25, 0.3) is 0 Å². The number of nitrogens with two attached hydrogens (primary N) is 1. The summed E-state index contributed by atoms with van der Waals surface area (Å²) in [5, 5.41) is 0.779. The molecule has 0 amide bonds. The summed E-state index contributed by atoms with van der Waals surface area (Å²) in [4.78, 5) is 0. The van der Waals surface area contributed by atoms with E-state index in [0.717, 1.165) is 23.6 Å². The van der Waals surface area contributed by atoms with Crippen molar-refractivity contribution in [2.45, 2.75) is 38.1 Å². The van der Waals surface area contributed by atoms with Crippen LogP contribution in [0, 0.1) is 5.92 Å². The van der Waals surface area contributed by atoms with Gasteiger partial charge in [0, 0.05) is 11.1 Å². The maximum Gasteiger partial charge on any atom is 0.122 e. The molecule has 2 unspecified atom stereocenters. The summed E-state index contributed by atoms with van der Waals surface area (Å²) in [5.41, 5.74) is 7.23. The van der Waals surface area contributed by atoms with Gasteiger partial charge in [-0.3, -0.25) is 0 Å². The first-order chi connectivity index (χ1) is 8.19. The third-order valence-corrected chi connectivity index (χ3v) is 3.81. The summed E-state index contributed by atoms with van der Waals surface area (Å²) >= 11 is 6.04. The van der Waals surface area contributed by atoms with Gasteiger partial charge in [-0.25, -0.2) is 0 Å². The minimum Gasteiger partial charge on any atom is -0.496 e. The summed E-state index contributed by atoms with van der Waals surface area (Å²) in [6, 6.07) is 6.20. The lowest BCUT2D eigenvalue weighted by atomic mass is 9.82. The highest BCUT2D eigenvalue weighted by Gasteiger charge is 2.20. The smallest absolute Gasteiger partial charge is 0.122 e. The van der Waals surface area contributed by atoms with Gasteiger partial charge in [0.05, 0.1) is 7.11 Å². The summed E-state index contributed by atoms with van der Waals surface area (Å²) in [6.07, 6.45) is 5.83. The van der Waals surface area contributed by atoms with Crippen LogP contribution in [0.3, 0.4) is 0 Å². The highest BCUT2D eigenvalue weighted by atomic mass is 35.5. The van der Waals surface area contributed by atoms with Crippen molar-refractivity contribution in [3.05, 3.63) is 28.8 Å². The molecule has 0 aliphatic heterocycles. The molecule has 0 radical (unpaired) electrons. The Labute approximate surface area is 108 Å².